The molecule has 0 aliphatic heterocycles. The summed E-state index contributed by atoms with van der Waals surface area (Å²) in [5.41, 5.74) is 3.65. The predicted octanol–water partition coefficient (Wildman–Crippen LogP) is 2.74. The Kier molecular flexibility index (Phi) is 7.58. The molecule has 0 aliphatic rings. The number of hydrogen-bond donors (Lipinski definition) is 2. The summed E-state index contributed by atoms with van der Waals surface area (Å²) in [7, 11) is -2.48. The van der Waals surface area contributed by atoms with E-state index in [1.807, 2.05) is 6.07 Å². The van der Waals surface area contributed by atoms with Crippen LogP contribution in [0.5, 0.6) is 11.5 Å². The van der Waals surface area contributed by atoms with E-state index in [-0.39, 0.29) is 17.2 Å². The average molecular weight is 454 g/mol. The molecule has 0 heterocycles. The van der Waals surface area contributed by atoms with Gasteiger partial charge in [0, 0.05) is 6.54 Å². The topological polar surface area (TPSA) is 108 Å². The first kappa shape index (κ1) is 23.0. The summed E-state index contributed by atoms with van der Waals surface area (Å²) in [6.45, 7) is -0.417. The van der Waals surface area contributed by atoms with Crippen molar-refractivity contribution < 1.29 is 23.1 Å². The van der Waals surface area contributed by atoms with Crippen LogP contribution in [0.4, 0.5) is 0 Å². The number of hydrogen-bond acceptors (Lipinski definition) is 6. The fourth-order valence-electron chi connectivity index (χ4n) is 2.89. The minimum absolute atomic E-state index is 0.0128. The van der Waals surface area contributed by atoms with Crippen LogP contribution in [0.3, 0.4) is 0 Å². The number of carbonyl (C=O) groups excluding carboxylic acids is 1. The number of aromatic hydroxyl groups is 1. The molecule has 8 nitrogen and oxygen atoms in total. The summed E-state index contributed by atoms with van der Waals surface area (Å²) < 4.78 is 32.7. The van der Waals surface area contributed by atoms with Gasteiger partial charge in [0.05, 0.1) is 24.8 Å². The number of rotatable bonds is 9. The zero-order valence-corrected chi connectivity index (χ0v) is 18.2. The largest absolute Gasteiger partial charge is 0.508 e. The summed E-state index contributed by atoms with van der Waals surface area (Å²) in [6.07, 6.45) is 1.36. The van der Waals surface area contributed by atoms with Crippen molar-refractivity contribution in [3.8, 4) is 11.5 Å². The predicted molar refractivity (Wildman–Crippen MR) is 121 cm³/mol. The van der Waals surface area contributed by atoms with E-state index in [0.717, 1.165) is 9.87 Å². The van der Waals surface area contributed by atoms with Crippen molar-refractivity contribution in [1.29, 1.82) is 0 Å². The molecule has 3 rings (SSSR count). The summed E-state index contributed by atoms with van der Waals surface area (Å²) in [5.74, 6) is -0.00749. The third kappa shape index (κ3) is 6.16. The van der Waals surface area contributed by atoms with Gasteiger partial charge < -0.3 is 9.84 Å². The van der Waals surface area contributed by atoms with Gasteiger partial charge in [0.1, 0.15) is 11.5 Å². The Morgan fingerprint density at radius 3 is 2.44 bits per heavy atom. The van der Waals surface area contributed by atoms with Gasteiger partial charge >= 0.3 is 0 Å². The molecule has 0 saturated carbocycles. The molecule has 3 aromatic rings. The zero-order valence-electron chi connectivity index (χ0n) is 17.4. The smallest absolute Gasteiger partial charge is 0.255 e. The minimum atomic E-state index is -3.97. The number of phenolic OH excluding ortho intramolecular Hbond substituents is 1. The van der Waals surface area contributed by atoms with E-state index in [0.29, 0.717) is 11.3 Å². The first-order valence-corrected chi connectivity index (χ1v) is 11.1. The second-order valence-corrected chi connectivity index (χ2v) is 8.76. The molecule has 0 atom stereocenters. The highest BCUT2D eigenvalue weighted by molar-refractivity contribution is 7.89. The molecule has 2 N–H and O–H groups in total. The van der Waals surface area contributed by atoms with Crippen LogP contribution in [0, 0.1) is 0 Å². The number of ether oxygens (including phenoxy) is 1. The third-order valence-electron chi connectivity index (χ3n) is 4.49. The average Bonchev–Trinajstić information content (AvgIpc) is 2.79. The highest BCUT2D eigenvalue weighted by atomic mass is 32.2. The Morgan fingerprint density at radius 2 is 1.78 bits per heavy atom. The molecule has 0 aliphatic carbocycles. The number of nitrogens with one attached hydrogen (secondary N) is 1. The van der Waals surface area contributed by atoms with Gasteiger partial charge in [0.15, 0.2) is 0 Å². The number of nitrogens with zero attached hydrogens (tertiary/aromatic N) is 2. The molecule has 3 aromatic carbocycles. The van der Waals surface area contributed by atoms with Crippen LogP contribution in [0.1, 0.15) is 11.1 Å². The molecule has 0 unspecified atom stereocenters. The normalized spacial score (nSPS) is 11.6. The molecular formula is C23H23N3O5S. The highest BCUT2D eigenvalue weighted by Crippen LogP contribution is 2.21. The van der Waals surface area contributed by atoms with Crippen LogP contribution >= 0.6 is 0 Å². The molecule has 0 saturated heterocycles. The van der Waals surface area contributed by atoms with Gasteiger partial charge in [-0.3, -0.25) is 4.79 Å². The van der Waals surface area contributed by atoms with E-state index in [9.17, 15) is 18.3 Å². The Bertz CT molecular complexity index is 1180. The van der Waals surface area contributed by atoms with Crippen LogP contribution in [-0.4, -0.2) is 43.6 Å². The van der Waals surface area contributed by atoms with E-state index in [4.69, 9.17) is 4.74 Å². The fourth-order valence-corrected chi connectivity index (χ4v) is 4.27. The van der Waals surface area contributed by atoms with Crippen molar-refractivity contribution in [2.45, 2.75) is 11.4 Å². The van der Waals surface area contributed by atoms with Gasteiger partial charge in [-0.05, 0) is 47.5 Å². The fraction of sp³-hybridized carbons (Fsp3) is 0.130. The Labute approximate surface area is 186 Å². The van der Waals surface area contributed by atoms with Crippen LogP contribution in [-0.2, 0) is 21.4 Å². The lowest BCUT2D eigenvalue weighted by atomic mass is 10.2. The van der Waals surface area contributed by atoms with Gasteiger partial charge in [-0.1, -0.05) is 42.5 Å². The van der Waals surface area contributed by atoms with Crippen molar-refractivity contribution in [2.75, 3.05) is 13.7 Å². The number of sulfonamides is 1. The van der Waals surface area contributed by atoms with Gasteiger partial charge in [0.2, 0.25) is 10.0 Å². The quantitative estimate of drug-likeness (QED) is 0.383. The van der Waals surface area contributed by atoms with Crippen molar-refractivity contribution in [3.63, 3.8) is 0 Å². The van der Waals surface area contributed by atoms with Gasteiger partial charge in [-0.25, -0.2) is 13.8 Å². The molecule has 0 aromatic heterocycles. The maximum absolute atomic E-state index is 13.2. The van der Waals surface area contributed by atoms with E-state index in [2.05, 4.69) is 10.5 Å². The maximum Gasteiger partial charge on any atom is 0.255 e. The van der Waals surface area contributed by atoms with Crippen LogP contribution < -0.4 is 10.2 Å². The number of methoxy groups -OCH3 is 1. The number of amides is 1. The number of hydrazone groups is 1. The Morgan fingerprint density at radius 1 is 1.06 bits per heavy atom. The van der Waals surface area contributed by atoms with Crippen molar-refractivity contribution >= 4 is 22.1 Å². The molecule has 166 valence electrons. The van der Waals surface area contributed by atoms with Gasteiger partial charge in [-0.15, -0.1) is 0 Å². The molecule has 9 heteroatoms. The standard InChI is InChI=1S/C23H23N3O5S/c1-31-21-10-12-22(13-11-21)32(29,30)26(16-18-6-3-2-4-7-18)17-23(28)25-24-15-19-8-5-9-20(27)14-19/h2-15,27H,16-17H2,1H3,(H,25,28)/b24-15-. The summed E-state index contributed by atoms with van der Waals surface area (Å²) in [5, 5.41) is 13.3. The number of benzene rings is 3. The van der Waals surface area contributed by atoms with Gasteiger partial charge in [-0.2, -0.15) is 9.41 Å². The third-order valence-corrected chi connectivity index (χ3v) is 6.30. The number of phenols is 1. The lowest BCUT2D eigenvalue weighted by Crippen LogP contribution is -2.39. The lowest BCUT2D eigenvalue weighted by Gasteiger charge is -2.21. The summed E-state index contributed by atoms with van der Waals surface area (Å²) >= 11 is 0. The molecule has 0 fully saturated rings. The van der Waals surface area contributed by atoms with Crippen molar-refractivity contribution in [3.05, 3.63) is 90.0 Å². The highest BCUT2D eigenvalue weighted by Gasteiger charge is 2.27. The molecular weight excluding hydrogens is 430 g/mol. The molecule has 0 spiro atoms. The molecule has 0 bridgehead atoms. The van der Waals surface area contributed by atoms with Crippen LogP contribution in [0.25, 0.3) is 0 Å². The maximum atomic E-state index is 13.2. The van der Waals surface area contributed by atoms with E-state index >= 15 is 0 Å². The minimum Gasteiger partial charge on any atom is -0.508 e. The van der Waals surface area contributed by atoms with E-state index in [1.165, 1.54) is 37.6 Å². The first-order valence-electron chi connectivity index (χ1n) is 9.67. The summed E-state index contributed by atoms with van der Waals surface area (Å²) in [4.78, 5) is 12.5. The zero-order chi connectivity index (χ0) is 23.0. The second-order valence-electron chi connectivity index (χ2n) is 6.82. The van der Waals surface area contributed by atoms with Crippen molar-refractivity contribution in [1.82, 2.24) is 9.73 Å². The Balaban J connectivity index is 1.78. The summed E-state index contributed by atoms with van der Waals surface area (Å²) in [6, 6.07) is 21.3. The molecule has 32 heavy (non-hydrogen) atoms. The lowest BCUT2D eigenvalue weighted by molar-refractivity contribution is -0.121. The molecule has 0 radical (unpaired) electrons. The van der Waals surface area contributed by atoms with Crippen LogP contribution in [0.2, 0.25) is 0 Å². The van der Waals surface area contributed by atoms with E-state index in [1.54, 1.807) is 48.5 Å². The second kappa shape index (κ2) is 10.6. The van der Waals surface area contributed by atoms with Gasteiger partial charge in [0.25, 0.3) is 5.91 Å². The monoisotopic (exact) mass is 453 g/mol. The van der Waals surface area contributed by atoms with Crippen LogP contribution in [0.15, 0.2) is 88.9 Å². The van der Waals surface area contributed by atoms with Crippen molar-refractivity contribution in [2.24, 2.45) is 5.10 Å². The number of carbonyl (C=O) groups is 1. The van der Waals surface area contributed by atoms with E-state index < -0.39 is 22.5 Å². The first-order chi connectivity index (χ1) is 15.4. The molecule has 1 amide bonds. The Hall–Kier alpha value is -3.69. The SMILES string of the molecule is COc1ccc(S(=O)(=O)N(CC(=O)N/N=C\c2cccc(O)c2)Cc2ccccc2)cc1.